The Morgan fingerprint density at radius 3 is 2.58 bits per heavy atom. The summed E-state index contributed by atoms with van der Waals surface area (Å²) in [6, 6.07) is 11.6. The molecule has 38 heavy (non-hydrogen) atoms. The molecule has 0 aliphatic carbocycles. The van der Waals surface area contributed by atoms with Crippen LogP contribution in [0.4, 0.5) is 10.2 Å². The molecular formula is C26H35FN5O5P. The van der Waals surface area contributed by atoms with Crippen molar-refractivity contribution in [1.82, 2.24) is 14.2 Å². The van der Waals surface area contributed by atoms with Gasteiger partial charge in [0.15, 0.2) is 12.4 Å². The number of nitrogens with zero attached hydrogens (tertiary/aromatic N) is 4. The molecule has 1 aromatic heterocycles. The zero-order valence-corrected chi connectivity index (χ0v) is 23.0. The van der Waals surface area contributed by atoms with Gasteiger partial charge in [-0.2, -0.15) is 10.2 Å². The Labute approximate surface area is 226 Å². The van der Waals surface area contributed by atoms with Gasteiger partial charge in [0.05, 0.1) is 25.2 Å². The summed E-state index contributed by atoms with van der Waals surface area (Å²) in [4.78, 5) is 29.2. The average molecular weight is 550 g/mol. The second-order valence-electron chi connectivity index (χ2n) is 9.12. The molecule has 0 spiro atoms. The highest BCUT2D eigenvalue weighted by atomic mass is 31.2. The number of halogens is 1. The second-order valence-corrected chi connectivity index (χ2v) is 10.5. The molecular weight excluding hydrogens is 512 g/mol. The lowest BCUT2D eigenvalue weighted by molar-refractivity contribution is -0.0272. The van der Waals surface area contributed by atoms with Crippen molar-refractivity contribution in [1.29, 1.82) is 5.26 Å². The van der Waals surface area contributed by atoms with Crippen LogP contribution in [-0.4, -0.2) is 57.2 Å². The van der Waals surface area contributed by atoms with E-state index in [9.17, 15) is 9.59 Å². The standard InChI is InChI=1S/C26H35FN5O5P/c1-6-20-23(37-38(35-16-10-14-28)32(17(2)3)18(4)5)22(27)25(36-20)31-15-13-21(30-26(31)34)29-24(33)19-11-8-7-9-12-19/h7-9,11-13,15,17-18,20,22-23,25H,6,10,16H2,1-5H3,(H,29,30,33,34)/t20-,22-,23-,25-,38?/m1/s1/i6D2. The van der Waals surface area contributed by atoms with Crippen molar-refractivity contribution >= 4 is 20.3 Å². The maximum absolute atomic E-state index is 16.1. The van der Waals surface area contributed by atoms with Gasteiger partial charge in [0.25, 0.3) is 14.4 Å². The molecule has 1 fully saturated rings. The minimum atomic E-state index is -2.04. The Balaban J connectivity index is 1.87. The molecule has 1 N–H and O–H groups in total. The van der Waals surface area contributed by atoms with Gasteiger partial charge in [-0.1, -0.05) is 25.1 Å². The van der Waals surface area contributed by atoms with E-state index >= 15 is 4.39 Å². The van der Waals surface area contributed by atoms with Crippen LogP contribution in [0.3, 0.4) is 0 Å². The fourth-order valence-corrected chi connectivity index (χ4v) is 5.79. The first-order valence-electron chi connectivity index (χ1n) is 13.3. The third-order valence-electron chi connectivity index (χ3n) is 5.71. The zero-order chi connectivity index (χ0) is 29.6. The minimum absolute atomic E-state index is 0.0300. The van der Waals surface area contributed by atoms with Gasteiger partial charge >= 0.3 is 5.69 Å². The highest BCUT2D eigenvalue weighted by Gasteiger charge is 2.49. The summed E-state index contributed by atoms with van der Waals surface area (Å²) in [5.41, 5.74) is -0.525. The monoisotopic (exact) mass is 549 g/mol. The summed E-state index contributed by atoms with van der Waals surface area (Å²) in [6.07, 6.45) is -7.02. The number of aromatic nitrogens is 2. The molecule has 1 aromatic carbocycles. The van der Waals surface area contributed by atoms with Crippen LogP contribution < -0.4 is 11.0 Å². The fourth-order valence-electron chi connectivity index (χ4n) is 4.05. The summed E-state index contributed by atoms with van der Waals surface area (Å²) < 4.78 is 53.2. The molecule has 5 atom stereocenters. The van der Waals surface area contributed by atoms with Crippen LogP contribution in [0.25, 0.3) is 0 Å². The van der Waals surface area contributed by atoms with Crippen molar-refractivity contribution in [2.24, 2.45) is 0 Å². The SMILES string of the molecule is [2H]C([2H])(C)[C@H]1O[C@@H](n2ccc(NC(=O)c3ccccc3)nc2=O)[C@H](F)[C@@H]1OP(OCCC#N)N(C(C)C)C(C)C. The van der Waals surface area contributed by atoms with Crippen molar-refractivity contribution in [3.8, 4) is 6.07 Å². The van der Waals surface area contributed by atoms with Gasteiger partial charge in [0.1, 0.15) is 11.9 Å². The number of rotatable bonds is 12. The van der Waals surface area contributed by atoms with Gasteiger partial charge in [-0.25, -0.2) is 13.9 Å². The molecule has 12 heteroatoms. The van der Waals surface area contributed by atoms with Gasteiger partial charge in [0.2, 0.25) is 0 Å². The lowest BCUT2D eigenvalue weighted by atomic mass is 10.1. The molecule has 0 saturated carbocycles. The van der Waals surface area contributed by atoms with Gasteiger partial charge in [-0.15, -0.1) is 0 Å². The molecule has 1 aliphatic rings. The smallest absolute Gasteiger partial charge is 0.349 e. The lowest BCUT2D eigenvalue weighted by Crippen LogP contribution is -2.38. The van der Waals surface area contributed by atoms with Gasteiger partial charge < -0.3 is 19.1 Å². The van der Waals surface area contributed by atoms with E-state index < -0.39 is 51.1 Å². The first-order chi connectivity index (χ1) is 18.8. The summed E-state index contributed by atoms with van der Waals surface area (Å²) in [5.74, 6) is -0.499. The summed E-state index contributed by atoms with van der Waals surface area (Å²) >= 11 is 0. The largest absolute Gasteiger partial charge is 0.351 e. The quantitative estimate of drug-likeness (QED) is 0.296. The summed E-state index contributed by atoms with van der Waals surface area (Å²) in [5, 5.41) is 11.5. The van der Waals surface area contributed by atoms with E-state index in [0.717, 1.165) is 4.57 Å². The van der Waals surface area contributed by atoms with Crippen LogP contribution in [0.1, 0.15) is 66.7 Å². The molecule has 1 amide bonds. The Morgan fingerprint density at radius 2 is 2.00 bits per heavy atom. The van der Waals surface area contributed by atoms with Crippen LogP contribution in [0.2, 0.25) is 0 Å². The molecule has 2 aromatic rings. The molecule has 0 bridgehead atoms. The van der Waals surface area contributed by atoms with Crippen molar-refractivity contribution in [3.05, 3.63) is 58.6 Å². The molecule has 2 heterocycles. The van der Waals surface area contributed by atoms with Crippen LogP contribution >= 0.6 is 8.53 Å². The first kappa shape index (κ1) is 26.9. The number of hydrogen-bond donors (Lipinski definition) is 1. The molecule has 1 unspecified atom stereocenters. The van der Waals surface area contributed by atoms with Gasteiger partial charge in [-0.3, -0.25) is 9.36 Å². The van der Waals surface area contributed by atoms with Crippen molar-refractivity contribution in [3.63, 3.8) is 0 Å². The predicted molar refractivity (Wildman–Crippen MR) is 142 cm³/mol. The third-order valence-corrected chi connectivity index (χ3v) is 7.84. The average Bonchev–Trinajstić information content (AvgIpc) is 3.20. The maximum atomic E-state index is 16.1. The molecule has 206 valence electrons. The lowest BCUT2D eigenvalue weighted by Gasteiger charge is -2.37. The summed E-state index contributed by atoms with van der Waals surface area (Å²) in [6.45, 7) is 8.99. The first-order valence-corrected chi connectivity index (χ1v) is 13.5. The van der Waals surface area contributed by atoms with E-state index in [1.54, 1.807) is 30.3 Å². The Morgan fingerprint density at radius 1 is 1.32 bits per heavy atom. The van der Waals surface area contributed by atoms with Crippen LogP contribution in [0.15, 0.2) is 47.4 Å². The minimum Gasteiger partial charge on any atom is -0.349 e. The molecule has 1 aliphatic heterocycles. The fraction of sp³-hybridized carbons (Fsp3) is 0.538. The van der Waals surface area contributed by atoms with E-state index in [1.807, 2.05) is 38.4 Å². The van der Waals surface area contributed by atoms with E-state index in [1.165, 1.54) is 19.2 Å². The van der Waals surface area contributed by atoms with E-state index in [0.29, 0.717) is 5.56 Å². The molecule has 10 nitrogen and oxygen atoms in total. The van der Waals surface area contributed by atoms with Crippen LogP contribution in [0.5, 0.6) is 0 Å². The number of nitriles is 1. The number of benzene rings is 1. The number of hydrogen-bond acceptors (Lipinski definition) is 8. The Bertz CT molecular complexity index is 1230. The normalized spacial score (nSPS) is 23.3. The Kier molecular flexibility index (Phi) is 9.81. The van der Waals surface area contributed by atoms with Gasteiger partial charge in [-0.05, 0) is 52.3 Å². The number of carbonyl (C=O) groups is 1. The number of nitrogens with one attached hydrogen (secondary N) is 1. The number of anilines is 1. The highest BCUT2D eigenvalue weighted by molar-refractivity contribution is 7.44. The predicted octanol–water partition coefficient (Wildman–Crippen LogP) is 4.80. The van der Waals surface area contributed by atoms with Crippen molar-refractivity contribution in [2.45, 2.75) is 84.1 Å². The maximum Gasteiger partial charge on any atom is 0.351 e. The molecule has 1 saturated heterocycles. The number of carbonyl (C=O) groups excluding carboxylic acids is 1. The van der Waals surface area contributed by atoms with Gasteiger partial charge in [0, 0.05) is 26.6 Å². The van der Waals surface area contributed by atoms with Crippen molar-refractivity contribution in [2.75, 3.05) is 11.9 Å². The van der Waals surface area contributed by atoms with Crippen LogP contribution in [0, 0.1) is 11.3 Å². The van der Waals surface area contributed by atoms with Crippen LogP contribution in [-0.2, 0) is 13.8 Å². The van der Waals surface area contributed by atoms with E-state index in [4.69, 9.17) is 21.8 Å². The Hall–Kier alpha value is -2.74. The number of ether oxygens (including phenoxy) is 1. The highest BCUT2D eigenvalue weighted by Crippen LogP contribution is 2.50. The van der Waals surface area contributed by atoms with Crippen molar-refractivity contribution < 1.29 is 25.7 Å². The van der Waals surface area contributed by atoms with E-state index in [-0.39, 0.29) is 30.9 Å². The third kappa shape index (κ3) is 7.22. The second kappa shape index (κ2) is 13.9. The zero-order valence-electron chi connectivity index (χ0n) is 24.1. The molecule has 0 radical (unpaired) electrons. The number of amides is 1. The topological polar surface area (TPSA) is 119 Å². The summed E-state index contributed by atoms with van der Waals surface area (Å²) in [7, 11) is -1.91. The number of alkyl halides is 1. The van der Waals surface area contributed by atoms with E-state index in [2.05, 4.69) is 10.3 Å². The molecule has 3 rings (SSSR count).